The zero-order chi connectivity index (χ0) is 22.5. The lowest BCUT2D eigenvalue weighted by molar-refractivity contribution is -0.283. The molecule has 12 heteroatoms. The SMILES string of the molecule is CCc1ccc(C(O)(CCSCCC(N)C(=O)O)C(F)(F)F)c(OC(F)(F)F)c1. The molecule has 29 heavy (non-hydrogen) atoms. The van der Waals surface area contributed by atoms with Gasteiger partial charge in [-0.15, -0.1) is 13.2 Å². The fraction of sp³-hybridized carbons (Fsp3) is 0.588. The summed E-state index contributed by atoms with van der Waals surface area (Å²) in [5.41, 5.74) is 0.965. The molecule has 0 aliphatic rings. The summed E-state index contributed by atoms with van der Waals surface area (Å²) in [6.07, 6.45) is -11.2. The summed E-state index contributed by atoms with van der Waals surface area (Å²) in [5.74, 6) is -2.58. The number of benzene rings is 1. The fourth-order valence-electron chi connectivity index (χ4n) is 2.42. The Bertz CT molecular complexity index is 697. The molecule has 1 aromatic carbocycles. The van der Waals surface area contributed by atoms with Crippen LogP contribution in [0.1, 0.15) is 30.9 Å². The highest BCUT2D eigenvalue weighted by Crippen LogP contribution is 2.46. The first kappa shape index (κ1) is 25.4. The van der Waals surface area contributed by atoms with Crippen LogP contribution in [-0.2, 0) is 16.8 Å². The molecule has 1 aromatic rings. The van der Waals surface area contributed by atoms with Crippen molar-refractivity contribution in [2.24, 2.45) is 5.73 Å². The first-order chi connectivity index (χ1) is 13.2. The van der Waals surface area contributed by atoms with E-state index < -0.39 is 47.9 Å². The maximum atomic E-state index is 13.6. The Morgan fingerprint density at radius 1 is 1.21 bits per heavy atom. The summed E-state index contributed by atoms with van der Waals surface area (Å²) in [5, 5.41) is 19.0. The number of ether oxygens (including phenoxy) is 1. The number of carbonyl (C=O) groups is 1. The Balaban J connectivity index is 3.09. The summed E-state index contributed by atoms with van der Waals surface area (Å²) in [4.78, 5) is 10.6. The highest BCUT2D eigenvalue weighted by atomic mass is 32.2. The molecule has 0 amide bonds. The molecule has 0 saturated heterocycles. The van der Waals surface area contributed by atoms with Gasteiger partial charge < -0.3 is 20.7 Å². The molecule has 1 rings (SSSR count). The summed E-state index contributed by atoms with van der Waals surface area (Å²) >= 11 is 0.897. The van der Waals surface area contributed by atoms with Crippen LogP contribution >= 0.6 is 11.8 Å². The molecular weight excluding hydrogens is 428 g/mol. The number of aliphatic hydroxyl groups is 1. The Morgan fingerprint density at radius 3 is 2.31 bits per heavy atom. The van der Waals surface area contributed by atoms with E-state index in [1.165, 1.54) is 6.07 Å². The molecule has 2 unspecified atom stereocenters. The number of halogens is 6. The minimum atomic E-state index is -5.28. The Hall–Kier alpha value is -1.66. The molecule has 0 radical (unpaired) electrons. The second kappa shape index (κ2) is 9.90. The van der Waals surface area contributed by atoms with Gasteiger partial charge in [0.2, 0.25) is 0 Å². The molecule has 0 bridgehead atoms. The first-order valence-corrected chi connectivity index (χ1v) is 9.61. The van der Waals surface area contributed by atoms with Crippen molar-refractivity contribution in [3.8, 4) is 5.75 Å². The van der Waals surface area contributed by atoms with Crippen LogP contribution in [0.25, 0.3) is 0 Å². The zero-order valence-corrected chi connectivity index (χ0v) is 16.1. The van der Waals surface area contributed by atoms with Crippen LogP contribution < -0.4 is 10.5 Å². The van der Waals surface area contributed by atoms with Gasteiger partial charge >= 0.3 is 18.5 Å². The van der Waals surface area contributed by atoms with E-state index in [9.17, 15) is 36.2 Å². The van der Waals surface area contributed by atoms with Crippen LogP contribution in [-0.4, -0.2) is 46.3 Å². The molecule has 5 nitrogen and oxygen atoms in total. The number of aliphatic carboxylic acids is 1. The average Bonchev–Trinajstić information content (AvgIpc) is 2.58. The maximum Gasteiger partial charge on any atom is 0.573 e. The van der Waals surface area contributed by atoms with Crippen LogP contribution in [0.4, 0.5) is 26.3 Å². The van der Waals surface area contributed by atoms with Gasteiger partial charge in [0, 0.05) is 5.56 Å². The number of carboxylic acids is 1. The fourth-order valence-corrected chi connectivity index (χ4v) is 3.49. The minimum Gasteiger partial charge on any atom is -0.480 e. The molecule has 0 heterocycles. The quantitative estimate of drug-likeness (QED) is 0.372. The molecule has 166 valence electrons. The van der Waals surface area contributed by atoms with Crippen molar-refractivity contribution in [1.29, 1.82) is 0 Å². The Labute approximate surface area is 167 Å². The van der Waals surface area contributed by atoms with Crippen molar-refractivity contribution >= 4 is 17.7 Å². The highest BCUT2D eigenvalue weighted by Gasteiger charge is 2.56. The lowest BCUT2D eigenvalue weighted by atomic mass is 9.88. The van der Waals surface area contributed by atoms with Crippen LogP contribution in [0.5, 0.6) is 5.75 Å². The van der Waals surface area contributed by atoms with Crippen LogP contribution in [0.15, 0.2) is 18.2 Å². The average molecular weight is 449 g/mol. The van der Waals surface area contributed by atoms with E-state index in [1.807, 2.05) is 0 Å². The third-order valence-corrected chi connectivity index (χ3v) is 5.11. The number of thioether (sulfide) groups is 1. The largest absolute Gasteiger partial charge is 0.573 e. The van der Waals surface area contributed by atoms with Crippen molar-refractivity contribution in [3.05, 3.63) is 29.3 Å². The van der Waals surface area contributed by atoms with Gasteiger partial charge in [-0.2, -0.15) is 24.9 Å². The predicted octanol–water partition coefficient (Wildman–Crippen LogP) is 3.82. The molecule has 2 atom stereocenters. The van der Waals surface area contributed by atoms with E-state index >= 15 is 0 Å². The van der Waals surface area contributed by atoms with Crippen LogP contribution in [0.3, 0.4) is 0 Å². The van der Waals surface area contributed by atoms with Crippen molar-refractivity contribution in [1.82, 2.24) is 0 Å². The van der Waals surface area contributed by atoms with Crippen LogP contribution in [0, 0.1) is 0 Å². The van der Waals surface area contributed by atoms with Crippen molar-refractivity contribution in [2.75, 3.05) is 11.5 Å². The maximum absolute atomic E-state index is 13.6. The summed E-state index contributed by atoms with van der Waals surface area (Å²) < 4.78 is 82.7. The standard InChI is InChI=1S/C17H21F6NO4S/c1-2-10-3-4-11(13(9-10)28-17(21,22)23)15(27,16(18,19)20)6-8-29-7-5-12(24)14(25)26/h3-4,9,12,27H,2,5-8,24H2,1H3,(H,25,26). The van der Waals surface area contributed by atoms with Gasteiger partial charge in [0.25, 0.3) is 0 Å². The lowest BCUT2D eigenvalue weighted by Gasteiger charge is -2.32. The monoisotopic (exact) mass is 449 g/mol. The van der Waals surface area contributed by atoms with Gasteiger partial charge in [-0.3, -0.25) is 4.79 Å². The number of rotatable bonds is 10. The van der Waals surface area contributed by atoms with E-state index in [0.29, 0.717) is 5.56 Å². The van der Waals surface area contributed by atoms with E-state index in [-0.39, 0.29) is 24.3 Å². The van der Waals surface area contributed by atoms with Crippen LogP contribution in [0.2, 0.25) is 0 Å². The number of hydrogen-bond acceptors (Lipinski definition) is 5. The lowest BCUT2D eigenvalue weighted by Crippen LogP contribution is -2.43. The van der Waals surface area contributed by atoms with Gasteiger partial charge in [-0.05, 0) is 42.4 Å². The van der Waals surface area contributed by atoms with Gasteiger partial charge in [0.1, 0.15) is 11.8 Å². The second-order valence-electron chi connectivity index (χ2n) is 6.19. The van der Waals surface area contributed by atoms with Crippen molar-refractivity contribution in [3.63, 3.8) is 0 Å². The van der Waals surface area contributed by atoms with Crippen molar-refractivity contribution < 1.29 is 46.1 Å². The predicted molar refractivity (Wildman–Crippen MR) is 94.6 cm³/mol. The summed E-state index contributed by atoms with van der Waals surface area (Å²) in [7, 11) is 0. The van der Waals surface area contributed by atoms with E-state index in [2.05, 4.69) is 4.74 Å². The minimum absolute atomic E-state index is 0.0158. The molecule has 0 spiro atoms. The zero-order valence-electron chi connectivity index (χ0n) is 15.3. The molecular formula is C17H21F6NO4S. The number of aryl methyl sites for hydroxylation is 1. The van der Waals surface area contributed by atoms with E-state index in [4.69, 9.17) is 10.8 Å². The number of hydrogen-bond donors (Lipinski definition) is 3. The van der Waals surface area contributed by atoms with Gasteiger partial charge in [0.05, 0.1) is 0 Å². The molecule has 0 aliphatic heterocycles. The van der Waals surface area contributed by atoms with Gasteiger partial charge in [-0.25, -0.2) is 0 Å². The number of carboxylic acid groups (broad SMARTS) is 1. The molecule has 0 aliphatic carbocycles. The topological polar surface area (TPSA) is 92.8 Å². The number of nitrogens with two attached hydrogens (primary N) is 1. The van der Waals surface area contributed by atoms with E-state index in [0.717, 1.165) is 23.9 Å². The first-order valence-electron chi connectivity index (χ1n) is 8.45. The Kier molecular flexibility index (Phi) is 8.66. The molecule has 0 saturated carbocycles. The van der Waals surface area contributed by atoms with Crippen molar-refractivity contribution in [2.45, 2.75) is 50.4 Å². The third kappa shape index (κ3) is 7.27. The molecule has 0 fully saturated rings. The number of alkyl halides is 6. The molecule has 4 N–H and O–H groups in total. The van der Waals surface area contributed by atoms with Gasteiger partial charge in [-0.1, -0.05) is 19.1 Å². The van der Waals surface area contributed by atoms with Gasteiger partial charge in [0.15, 0.2) is 5.60 Å². The Morgan fingerprint density at radius 2 is 1.83 bits per heavy atom. The highest BCUT2D eigenvalue weighted by molar-refractivity contribution is 7.99. The third-order valence-electron chi connectivity index (χ3n) is 4.09. The normalized spacial score (nSPS) is 15.6. The smallest absolute Gasteiger partial charge is 0.480 e. The summed E-state index contributed by atoms with van der Waals surface area (Å²) in [6, 6.07) is 1.60. The summed E-state index contributed by atoms with van der Waals surface area (Å²) in [6.45, 7) is 1.60. The van der Waals surface area contributed by atoms with E-state index in [1.54, 1.807) is 6.92 Å². The molecule has 0 aromatic heterocycles. The second-order valence-corrected chi connectivity index (χ2v) is 7.41.